The van der Waals surface area contributed by atoms with Crippen molar-refractivity contribution in [3.63, 3.8) is 0 Å². The third kappa shape index (κ3) is 4.72. The van der Waals surface area contributed by atoms with Crippen LogP contribution in [0.5, 0.6) is 0 Å². The van der Waals surface area contributed by atoms with Crippen molar-refractivity contribution in [1.29, 1.82) is 0 Å². The van der Waals surface area contributed by atoms with Gasteiger partial charge in [0.1, 0.15) is 4.90 Å². The zero-order valence-electron chi connectivity index (χ0n) is 15.4. The molecule has 29 heavy (non-hydrogen) atoms. The minimum atomic E-state index is -4.17. The van der Waals surface area contributed by atoms with Gasteiger partial charge in [-0.15, -0.1) is 0 Å². The van der Waals surface area contributed by atoms with E-state index in [1.807, 2.05) is 24.3 Å². The second-order valence-electron chi connectivity index (χ2n) is 6.63. The summed E-state index contributed by atoms with van der Waals surface area (Å²) in [4.78, 5) is 26.4. The molecule has 1 aliphatic heterocycles. The number of halogens is 2. The Labute approximate surface area is 178 Å². The zero-order chi connectivity index (χ0) is 21.3. The average molecular weight is 457 g/mol. The predicted molar refractivity (Wildman–Crippen MR) is 108 cm³/mol. The summed E-state index contributed by atoms with van der Waals surface area (Å²) in [6.45, 7) is 2.38. The van der Waals surface area contributed by atoms with Crippen molar-refractivity contribution in [3.05, 3.63) is 63.1 Å². The Balaban J connectivity index is 1.75. The molecular weight excluding hydrogens is 439 g/mol. The van der Waals surface area contributed by atoms with Gasteiger partial charge in [0, 0.05) is 13.1 Å². The standard InChI is InChI=1S/C19H18Cl2N2O5S/c1-11(18(24)23-7-6-12-4-2-3-5-13(12)10-23)28-19(25)14-8-17(29(22,26)27)16(21)9-15(14)20/h2-5,8-9,11H,6-7,10H2,1H3,(H2,22,26,27). The molecule has 0 fully saturated rings. The topological polar surface area (TPSA) is 107 Å². The van der Waals surface area contributed by atoms with E-state index in [0.29, 0.717) is 19.5 Å². The summed E-state index contributed by atoms with van der Waals surface area (Å²) < 4.78 is 28.5. The van der Waals surface area contributed by atoms with Gasteiger partial charge in [0.05, 0.1) is 15.6 Å². The Morgan fingerprint density at radius 3 is 2.45 bits per heavy atom. The number of nitrogens with two attached hydrogens (primary N) is 1. The first-order valence-electron chi connectivity index (χ1n) is 8.66. The number of ether oxygens (including phenoxy) is 1. The summed E-state index contributed by atoms with van der Waals surface area (Å²) in [7, 11) is -4.17. The molecule has 0 bridgehead atoms. The Kier molecular flexibility index (Phi) is 6.19. The van der Waals surface area contributed by atoms with Crippen LogP contribution in [-0.4, -0.2) is 37.8 Å². The maximum Gasteiger partial charge on any atom is 0.340 e. The summed E-state index contributed by atoms with van der Waals surface area (Å²) in [5.74, 6) is -1.31. The number of esters is 1. The molecule has 2 aromatic carbocycles. The molecule has 1 unspecified atom stereocenters. The highest BCUT2D eigenvalue weighted by atomic mass is 35.5. The Hall–Kier alpha value is -2.13. The van der Waals surface area contributed by atoms with Crippen LogP contribution in [0.3, 0.4) is 0 Å². The van der Waals surface area contributed by atoms with Gasteiger partial charge in [-0.1, -0.05) is 47.5 Å². The third-order valence-corrected chi connectivity index (χ3v) is 6.31. The van der Waals surface area contributed by atoms with E-state index in [2.05, 4.69) is 0 Å². The fourth-order valence-electron chi connectivity index (χ4n) is 3.12. The van der Waals surface area contributed by atoms with Crippen molar-refractivity contribution in [2.75, 3.05) is 6.54 Å². The molecule has 0 aliphatic carbocycles. The first-order chi connectivity index (χ1) is 13.6. The fraction of sp³-hybridized carbons (Fsp3) is 0.263. The van der Waals surface area contributed by atoms with Crippen LogP contribution in [0.4, 0.5) is 0 Å². The molecule has 10 heteroatoms. The number of nitrogens with zero attached hydrogens (tertiary/aromatic N) is 1. The number of carbonyl (C=O) groups excluding carboxylic acids is 2. The molecule has 7 nitrogen and oxygen atoms in total. The molecule has 2 N–H and O–H groups in total. The predicted octanol–water partition coefficient (Wildman–Crippen LogP) is 2.77. The molecule has 154 valence electrons. The van der Waals surface area contributed by atoms with Crippen molar-refractivity contribution in [2.45, 2.75) is 30.9 Å². The Morgan fingerprint density at radius 2 is 1.79 bits per heavy atom. The molecule has 0 saturated carbocycles. The molecule has 0 spiro atoms. The number of benzene rings is 2. The zero-order valence-corrected chi connectivity index (χ0v) is 17.7. The summed E-state index contributed by atoms with van der Waals surface area (Å²) >= 11 is 11.8. The molecule has 1 atom stereocenters. The average Bonchev–Trinajstić information content (AvgIpc) is 2.65. The molecular formula is C19H18Cl2N2O5S. The van der Waals surface area contributed by atoms with Crippen molar-refractivity contribution in [1.82, 2.24) is 4.90 Å². The maximum absolute atomic E-state index is 12.7. The Morgan fingerprint density at radius 1 is 1.14 bits per heavy atom. The lowest BCUT2D eigenvalue weighted by Crippen LogP contribution is -2.42. The summed E-state index contributed by atoms with van der Waals surface area (Å²) in [6, 6.07) is 9.86. The highest BCUT2D eigenvalue weighted by molar-refractivity contribution is 7.89. The van der Waals surface area contributed by atoms with Crippen LogP contribution < -0.4 is 5.14 Å². The number of rotatable bonds is 4. The molecule has 2 aromatic rings. The second kappa shape index (κ2) is 8.31. The molecule has 1 amide bonds. The number of sulfonamides is 1. The van der Waals surface area contributed by atoms with Gasteiger partial charge in [-0.2, -0.15) is 0 Å². The van der Waals surface area contributed by atoms with E-state index in [0.717, 1.165) is 17.7 Å². The van der Waals surface area contributed by atoms with Crippen LogP contribution in [0.15, 0.2) is 41.3 Å². The normalized spacial score (nSPS) is 14.8. The monoisotopic (exact) mass is 456 g/mol. The van der Waals surface area contributed by atoms with Crippen LogP contribution in [0.1, 0.15) is 28.4 Å². The van der Waals surface area contributed by atoms with Gasteiger partial charge in [-0.25, -0.2) is 18.4 Å². The quantitative estimate of drug-likeness (QED) is 0.711. The summed E-state index contributed by atoms with van der Waals surface area (Å²) in [5.41, 5.74) is 1.98. The third-order valence-electron chi connectivity index (χ3n) is 4.62. The van der Waals surface area contributed by atoms with Crippen LogP contribution >= 0.6 is 23.2 Å². The van der Waals surface area contributed by atoms with E-state index in [9.17, 15) is 18.0 Å². The van der Waals surface area contributed by atoms with E-state index < -0.39 is 27.0 Å². The number of hydrogen-bond acceptors (Lipinski definition) is 5. The first kappa shape index (κ1) is 21.6. The smallest absolute Gasteiger partial charge is 0.340 e. The SMILES string of the molecule is CC(OC(=O)c1cc(S(N)(=O)=O)c(Cl)cc1Cl)C(=O)N1CCc2ccccc2C1. The van der Waals surface area contributed by atoms with Crippen LogP contribution in [0, 0.1) is 0 Å². The highest BCUT2D eigenvalue weighted by Crippen LogP contribution is 2.29. The van der Waals surface area contributed by atoms with Crippen molar-refractivity contribution in [3.8, 4) is 0 Å². The van der Waals surface area contributed by atoms with E-state index in [1.54, 1.807) is 4.90 Å². The number of hydrogen-bond donors (Lipinski definition) is 1. The van der Waals surface area contributed by atoms with Crippen molar-refractivity contribution < 1.29 is 22.7 Å². The minimum Gasteiger partial charge on any atom is -0.449 e. The fourth-order valence-corrected chi connectivity index (χ4v) is 4.51. The first-order valence-corrected chi connectivity index (χ1v) is 11.0. The van der Waals surface area contributed by atoms with Crippen LogP contribution in [0.25, 0.3) is 0 Å². The lowest BCUT2D eigenvalue weighted by Gasteiger charge is -2.30. The number of amides is 1. The lowest BCUT2D eigenvalue weighted by atomic mass is 9.99. The maximum atomic E-state index is 12.7. The van der Waals surface area contributed by atoms with Crippen LogP contribution in [0.2, 0.25) is 10.0 Å². The van der Waals surface area contributed by atoms with Gasteiger partial charge in [0.25, 0.3) is 5.91 Å². The molecule has 1 heterocycles. The lowest BCUT2D eigenvalue weighted by molar-refractivity contribution is -0.140. The van der Waals surface area contributed by atoms with Gasteiger partial charge in [-0.3, -0.25) is 4.79 Å². The van der Waals surface area contributed by atoms with E-state index in [-0.39, 0.29) is 21.5 Å². The van der Waals surface area contributed by atoms with Gasteiger partial charge in [-0.05, 0) is 36.6 Å². The van der Waals surface area contributed by atoms with Crippen molar-refractivity contribution >= 4 is 45.1 Å². The number of fused-ring (bicyclic) bond motifs is 1. The number of carbonyl (C=O) groups is 2. The second-order valence-corrected chi connectivity index (χ2v) is 8.98. The molecule has 1 aliphatic rings. The van der Waals surface area contributed by atoms with Gasteiger partial charge >= 0.3 is 5.97 Å². The minimum absolute atomic E-state index is 0.112. The summed E-state index contributed by atoms with van der Waals surface area (Å²) in [5, 5.41) is 4.76. The largest absolute Gasteiger partial charge is 0.449 e. The van der Waals surface area contributed by atoms with Crippen LogP contribution in [-0.2, 0) is 32.5 Å². The molecule has 3 rings (SSSR count). The summed E-state index contributed by atoms with van der Waals surface area (Å²) in [6.07, 6.45) is -0.374. The van der Waals surface area contributed by atoms with Gasteiger partial charge in [0.15, 0.2) is 6.10 Å². The van der Waals surface area contributed by atoms with E-state index >= 15 is 0 Å². The molecule has 0 aromatic heterocycles. The van der Waals surface area contributed by atoms with Crippen molar-refractivity contribution in [2.24, 2.45) is 5.14 Å². The molecule has 0 saturated heterocycles. The van der Waals surface area contributed by atoms with E-state index in [4.69, 9.17) is 33.1 Å². The van der Waals surface area contributed by atoms with Gasteiger partial charge in [0.2, 0.25) is 10.0 Å². The van der Waals surface area contributed by atoms with E-state index in [1.165, 1.54) is 12.5 Å². The highest BCUT2D eigenvalue weighted by Gasteiger charge is 2.28. The Bertz CT molecular complexity index is 1090. The van der Waals surface area contributed by atoms with Gasteiger partial charge < -0.3 is 9.64 Å². The molecule has 0 radical (unpaired) electrons. The number of primary sulfonamides is 1.